The van der Waals surface area contributed by atoms with Gasteiger partial charge >= 0.3 is 0 Å². The first-order chi connectivity index (χ1) is 9.18. The Hall–Kier alpha value is -1.35. The number of carbonyl (C=O) groups excluding carboxylic acids is 1. The third kappa shape index (κ3) is 4.35. The summed E-state index contributed by atoms with van der Waals surface area (Å²) >= 11 is 0. The maximum Gasteiger partial charge on any atom is 0.253 e. The van der Waals surface area contributed by atoms with Crippen LogP contribution in [0.15, 0.2) is 24.3 Å². The smallest absolute Gasteiger partial charge is 0.253 e. The average molecular weight is 263 g/mol. The Morgan fingerprint density at radius 3 is 2.21 bits per heavy atom. The van der Waals surface area contributed by atoms with Gasteiger partial charge in [-0.15, -0.1) is 0 Å². The van der Waals surface area contributed by atoms with Gasteiger partial charge < -0.3 is 9.64 Å². The van der Waals surface area contributed by atoms with E-state index in [2.05, 4.69) is 0 Å². The summed E-state index contributed by atoms with van der Waals surface area (Å²) in [6, 6.07) is 8.06. The highest BCUT2D eigenvalue weighted by molar-refractivity contribution is 5.94. The third-order valence-electron chi connectivity index (χ3n) is 3.36. The summed E-state index contributed by atoms with van der Waals surface area (Å²) in [7, 11) is 1.89. The molecule has 0 saturated carbocycles. The van der Waals surface area contributed by atoms with E-state index in [0.29, 0.717) is 6.04 Å². The number of rotatable bonds is 2. The van der Waals surface area contributed by atoms with Crippen LogP contribution in [-0.2, 0) is 4.74 Å². The molecular weight excluding hydrogens is 238 g/mol. The molecule has 2 rings (SSSR count). The van der Waals surface area contributed by atoms with E-state index in [1.165, 1.54) is 5.56 Å². The molecule has 19 heavy (non-hydrogen) atoms. The first-order valence-electron chi connectivity index (χ1n) is 7.10. The van der Waals surface area contributed by atoms with Gasteiger partial charge in [-0.1, -0.05) is 31.5 Å². The Morgan fingerprint density at radius 1 is 1.16 bits per heavy atom. The van der Waals surface area contributed by atoms with Gasteiger partial charge in [-0.3, -0.25) is 4.79 Å². The Kier molecular flexibility index (Phi) is 6.57. The number of benzene rings is 1. The van der Waals surface area contributed by atoms with Crippen molar-refractivity contribution in [3.8, 4) is 0 Å². The van der Waals surface area contributed by atoms with Crippen LogP contribution in [0.4, 0.5) is 0 Å². The number of hydrogen-bond acceptors (Lipinski definition) is 2. The third-order valence-corrected chi connectivity index (χ3v) is 3.36. The molecule has 106 valence electrons. The molecule has 1 aliphatic rings. The number of nitrogens with zero attached hydrogens (tertiary/aromatic N) is 1. The molecule has 1 aromatic carbocycles. The van der Waals surface area contributed by atoms with Crippen molar-refractivity contribution in [2.24, 2.45) is 0 Å². The van der Waals surface area contributed by atoms with E-state index >= 15 is 0 Å². The molecule has 0 aromatic heterocycles. The van der Waals surface area contributed by atoms with Crippen LogP contribution in [-0.4, -0.2) is 37.1 Å². The number of aryl methyl sites for hydroxylation is 1. The quantitative estimate of drug-likeness (QED) is 0.819. The fourth-order valence-corrected chi connectivity index (χ4v) is 2.14. The maximum atomic E-state index is 12.2. The Balaban J connectivity index is 0.000000861. The fourth-order valence-electron chi connectivity index (χ4n) is 2.14. The number of amides is 1. The van der Waals surface area contributed by atoms with Crippen LogP contribution in [0.3, 0.4) is 0 Å². The van der Waals surface area contributed by atoms with Crippen molar-refractivity contribution >= 4 is 5.91 Å². The van der Waals surface area contributed by atoms with Gasteiger partial charge in [0.05, 0.1) is 0 Å². The van der Waals surface area contributed by atoms with Crippen LogP contribution < -0.4 is 0 Å². The van der Waals surface area contributed by atoms with Gasteiger partial charge in [0.15, 0.2) is 0 Å². The van der Waals surface area contributed by atoms with E-state index in [9.17, 15) is 4.79 Å². The van der Waals surface area contributed by atoms with Gasteiger partial charge in [0.1, 0.15) is 0 Å². The number of carbonyl (C=O) groups is 1. The SMILES string of the molecule is CC.Cc1ccc(C(=O)N(C)C2CCOCC2)cc1. The van der Waals surface area contributed by atoms with Crippen LogP contribution in [0.5, 0.6) is 0 Å². The van der Waals surface area contributed by atoms with E-state index in [1.807, 2.05) is 57.0 Å². The minimum absolute atomic E-state index is 0.108. The van der Waals surface area contributed by atoms with Crippen molar-refractivity contribution in [3.63, 3.8) is 0 Å². The minimum Gasteiger partial charge on any atom is -0.381 e. The Morgan fingerprint density at radius 2 is 1.68 bits per heavy atom. The molecule has 1 aromatic rings. The zero-order chi connectivity index (χ0) is 14.3. The summed E-state index contributed by atoms with van der Waals surface area (Å²) in [5.74, 6) is 0.108. The standard InChI is InChI=1S/C14H19NO2.C2H6/c1-11-3-5-12(6-4-11)14(16)15(2)13-7-9-17-10-8-13;1-2/h3-6,13H,7-10H2,1-2H3;1-2H3. The van der Waals surface area contributed by atoms with Gasteiger partial charge in [0.25, 0.3) is 5.91 Å². The van der Waals surface area contributed by atoms with Crippen molar-refractivity contribution in [2.75, 3.05) is 20.3 Å². The first kappa shape index (κ1) is 15.7. The molecule has 1 fully saturated rings. The second-order valence-corrected chi connectivity index (χ2v) is 4.63. The summed E-state index contributed by atoms with van der Waals surface area (Å²) in [5, 5.41) is 0. The molecule has 0 unspecified atom stereocenters. The van der Waals surface area contributed by atoms with Crippen molar-refractivity contribution in [1.29, 1.82) is 0 Å². The first-order valence-corrected chi connectivity index (χ1v) is 7.10. The molecule has 3 nitrogen and oxygen atoms in total. The minimum atomic E-state index is 0.108. The lowest BCUT2D eigenvalue weighted by molar-refractivity contribution is 0.0362. The summed E-state index contributed by atoms with van der Waals surface area (Å²) < 4.78 is 5.31. The number of hydrogen-bond donors (Lipinski definition) is 0. The molecule has 0 atom stereocenters. The number of ether oxygens (including phenoxy) is 1. The molecule has 0 radical (unpaired) electrons. The predicted molar refractivity (Wildman–Crippen MR) is 78.5 cm³/mol. The van der Waals surface area contributed by atoms with Crippen molar-refractivity contribution < 1.29 is 9.53 Å². The van der Waals surface area contributed by atoms with Crippen LogP contribution in [0.1, 0.15) is 42.6 Å². The van der Waals surface area contributed by atoms with Gasteiger partial charge in [-0.25, -0.2) is 0 Å². The van der Waals surface area contributed by atoms with Gasteiger partial charge in [0, 0.05) is 31.9 Å². The highest BCUT2D eigenvalue weighted by atomic mass is 16.5. The highest BCUT2D eigenvalue weighted by Gasteiger charge is 2.23. The summed E-state index contributed by atoms with van der Waals surface area (Å²) in [4.78, 5) is 14.1. The average Bonchev–Trinajstić information content (AvgIpc) is 2.49. The van der Waals surface area contributed by atoms with E-state index in [0.717, 1.165) is 31.6 Å². The van der Waals surface area contributed by atoms with Crippen molar-refractivity contribution in [2.45, 2.75) is 39.7 Å². The molecule has 0 bridgehead atoms. The maximum absolute atomic E-state index is 12.2. The molecule has 1 amide bonds. The summed E-state index contributed by atoms with van der Waals surface area (Å²) in [6.07, 6.45) is 1.88. The lowest BCUT2D eigenvalue weighted by atomic mass is 10.1. The lowest BCUT2D eigenvalue weighted by Gasteiger charge is -2.31. The zero-order valence-electron chi connectivity index (χ0n) is 12.5. The van der Waals surface area contributed by atoms with Gasteiger partial charge in [-0.2, -0.15) is 0 Å². The summed E-state index contributed by atoms with van der Waals surface area (Å²) in [6.45, 7) is 7.54. The fraction of sp³-hybridized carbons (Fsp3) is 0.562. The topological polar surface area (TPSA) is 29.5 Å². The second-order valence-electron chi connectivity index (χ2n) is 4.63. The van der Waals surface area contributed by atoms with Gasteiger partial charge in [-0.05, 0) is 31.9 Å². The van der Waals surface area contributed by atoms with E-state index in [1.54, 1.807) is 0 Å². The van der Waals surface area contributed by atoms with Crippen molar-refractivity contribution in [1.82, 2.24) is 4.90 Å². The summed E-state index contributed by atoms with van der Waals surface area (Å²) in [5.41, 5.74) is 1.94. The van der Waals surface area contributed by atoms with E-state index < -0.39 is 0 Å². The second kappa shape index (κ2) is 7.95. The van der Waals surface area contributed by atoms with E-state index in [4.69, 9.17) is 4.74 Å². The molecule has 0 spiro atoms. The van der Waals surface area contributed by atoms with Crippen LogP contribution in [0.25, 0.3) is 0 Å². The largest absolute Gasteiger partial charge is 0.381 e. The Labute approximate surface area is 116 Å². The predicted octanol–water partition coefficient (Wildman–Crippen LogP) is 3.27. The molecule has 1 heterocycles. The van der Waals surface area contributed by atoms with E-state index in [-0.39, 0.29) is 5.91 Å². The monoisotopic (exact) mass is 263 g/mol. The normalized spacial score (nSPS) is 15.4. The van der Waals surface area contributed by atoms with Gasteiger partial charge in [0.2, 0.25) is 0 Å². The highest BCUT2D eigenvalue weighted by Crippen LogP contribution is 2.16. The van der Waals surface area contributed by atoms with Crippen LogP contribution >= 0.6 is 0 Å². The van der Waals surface area contributed by atoms with Crippen LogP contribution in [0.2, 0.25) is 0 Å². The molecular formula is C16H25NO2. The zero-order valence-corrected chi connectivity index (χ0v) is 12.5. The van der Waals surface area contributed by atoms with Crippen molar-refractivity contribution in [3.05, 3.63) is 35.4 Å². The Bertz CT molecular complexity index is 380. The molecule has 1 saturated heterocycles. The molecule has 0 N–H and O–H groups in total. The lowest BCUT2D eigenvalue weighted by Crippen LogP contribution is -2.40. The molecule has 3 heteroatoms. The van der Waals surface area contributed by atoms with Crippen LogP contribution in [0, 0.1) is 6.92 Å². The molecule has 0 aliphatic carbocycles. The molecule has 1 aliphatic heterocycles.